The largest absolute Gasteiger partial charge is 0.494 e. The summed E-state index contributed by atoms with van der Waals surface area (Å²) in [5.41, 5.74) is 1.45. The van der Waals surface area contributed by atoms with E-state index < -0.39 is 0 Å². The second kappa shape index (κ2) is 5.57. The highest BCUT2D eigenvalue weighted by atomic mass is 32.1. The van der Waals surface area contributed by atoms with Gasteiger partial charge in [0.25, 0.3) is 5.91 Å². The number of thiazole rings is 1. The van der Waals surface area contributed by atoms with Crippen LogP contribution in [-0.4, -0.2) is 22.1 Å². The normalized spacial score (nSPS) is 10.8. The van der Waals surface area contributed by atoms with Crippen molar-refractivity contribution >= 4 is 32.6 Å². The van der Waals surface area contributed by atoms with E-state index in [9.17, 15) is 4.79 Å². The zero-order chi connectivity index (χ0) is 14.8. The molecule has 0 unspecified atom stereocenters. The summed E-state index contributed by atoms with van der Waals surface area (Å²) < 4.78 is 8.23. The van der Waals surface area contributed by atoms with Crippen molar-refractivity contribution in [3.05, 3.63) is 42.2 Å². The number of amides is 1. The van der Waals surface area contributed by atoms with Gasteiger partial charge in [0.2, 0.25) is 0 Å². The molecule has 21 heavy (non-hydrogen) atoms. The fourth-order valence-corrected chi connectivity index (χ4v) is 2.96. The van der Waals surface area contributed by atoms with Crippen molar-refractivity contribution in [1.29, 1.82) is 0 Å². The van der Waals surface area contributed by atoms with Crippen LogP contribution in [0.4, 0.5) is 5.13 Å². The summed E-state index contributed by atoms with van der Waals surface area (Å²) >= 11 is 1.44. The SMILES string of the molecule is CCOc1ccc2nc(NC(=O)c3cccn3C)sc2c1. The third-order valence-electron chi connectivity index (χ3n) is 3.07. The molecular weight excluding hydrogens is 286 g/mol. The molecule has 0 saturated heterocycles. The Morgan fingerprint density at radius 3 is 3.00 bits per heavy atom. The van der Waals surface area contributed by atoms with E-state index in [1.54, 1.807) is 10.6 Å². The van der Waals surface area contributed by atoms with Crippen LogP contribution < -0.4 is 10.1 Å². The van der Waals surface area contributed by atoms with Crippen LogP contribution in [0.1, 0.15) is 17.4 Å². The first kappa shape index (κ1) is 13.6. The zero-order valence-corrected chi connectivity index (χ0v) is 12.6. The van der Waals surface area contributed by atoms with Crippen molar-refractivity contribution in [3.63, 3.8) is 0 Å². The molecule has 0 spiro atoms. The number of carbonyl (C=O) groups excluding carboxylic acids is 1. The second-order valence-electron chi connectivity index (χ2n) is 4.54. The van der Waals surface area contributed by atoms with Crippen LogP contribution in [-0.2, 0) is 7.05 Å². The van der Waals surface area contributed by atoms with E-state index in [1.165, 1.54) is 11.3 Å². The topological polar surface area (TPSA) is 56.1 Å². The number of hydrogen-bond donors (Lipinski definition) is 1. The lowest BCUT2D eigenvalue weighted by atomic mass is 10.3. The molecule has 1 N–H and O–H groups in total. The Balaban J connectivity index is 1.84. The van der Waals surface area contributed by atoms with Gasteiger partial charge in [0.05, 0.1) is 16.8 Å². The minimum absolute atomic E-state index is 0.161. The minimum Gasteiger partial charge on any atom is -0.494 e. The van der Waals surface area contributed by atoms with E-state index in [4.69, 9.17) is 4.74 Å². The molecule has 0 saturated carbocycles. The number of nitrogens with one attached hydrogen (secondary N) is 1. The monoisotopic (exact) mass is 301 g/mol. The molecule has 1 aromatic carbocycles. The highest BCUT2D eigenvalue weighted by molar-refractivity contribution is 7.22. The van der Waals surface area contributed by atoms with Crippen LogP contribution in [0.2, 0.25) is 0 Å². The van der Waals surface area contributed by atoms with Crippen LogP contribution >= 0.6 is 11.3 Å². The van der Waals surface area contributed by atoms with Gasteiger partial charge in [0.1, 0.15) is 11.4 Å². The Hall–Kier alpha value is -2.34. The lowest BCUT2D eigenvalue weighted by Gasteiger charge is -2.02. The molecule has 1 amide bonds. The van der Waals surface area contributed by atoms with Crippen LogP contribution in [0.15, 0.2) is 36.5 Å². The van der Waals surface area contributed by atoms with Gasteiger partial charge in [0, 0.05) is 13.2 Å². The smallest absolute Gasteiger partial charge is 0.274 e. The number of ether oxygens (including phenoxy) is 1. The third-order valence-corrected chi connectivity index (χ3v) is 4.00. The maximum absolute atomic E-state index is 12.2. The fourth-order valence-electron chi connectivity index (χ4n) is 2.07. The quantitative estimate of drug-likeness (QED) is 0.804. The molecule has 2 aromatic heterocycles. The van der Waals surface area contributed by atoms with Crippen LogP contribution in [0, 0.1) is 0 Å². The minimum atomic E-state index is -0.161. The molecule has 5 nitrogen and oxygen atoms in total. The first-order valence-electron chi connectivity index (χ1n) is 6.63. The first-order valence-corrected chi connectivity index (χ1v) is 7.45. The summed E-state index contributed by atoms with van der Waals surface area (Å²) in [7, 11) is 1.83. The summed E-state index contributed by atoms with van der Waals surface area (Å²) in [6.45, 7) is 2.57. The van der Waals surface area contributed by atoms with Gasteiger partial charge in [-0.05, 0) is 37.3 Å². The van der Waals surface area contributed by atoms with Crippen LogP contribution in [0.5, 0.6) is 5.75 Å². The zero-order valence-electron chi connectivity index (χ0n) is 11.8. The predicted molar refractivity (Wildman–Crippen MR) is 84.2 cm³/mol. The van der Waals surface area contributed by atoms with Gasteiger partial charge in [-0.15, -0.1) is 0 Å². The number of hydrogen-bond acceptors (Lipinski definition) is 4. The van der Waals surface area contributed by atoms with Gasteiger partial charge < -0.3 is 9.30 Å². The number of aromatic nitrogens is 2. The van der Waals surface area contributed by atoms with E-state index >= 15 is 0 Å². The molecular formula is C15H15N3O2S. The Bertz CT molecular complexity index is 791. The lowest BCUT2D eigenvalue weighted by Crippen LogP contribution is -2.14. The maximum atomic E-state index is 12.2. The molecule has 108 valence electrons. The molecule has 3 rings (SSSR count). The number of carbonyl (C=O) groups is 1. The highest BCUT2D eigenvalue weighted by Gasteiger charge is 2.12. The molecule has 0 aliphatic rings. The molecule has 2 heterocycles. The van der Waals surface area contributed by atoms with E-state index in [-0.39, 0.29) is 5.91 Å². The van der Waals surface area contributed by atoms with E-state index in [0.717, 1.165) is 16.0 Å². The van der Waals surface area contributed by atoms with Gasteiger partial charge in [-0.3, -0.25) is 10.1 Å². The summed E-state index contributed by atoms with van der Waals surface area (Å²) in [5.74, 6) is 0.653. The van der Waals surface area contributed by atoms with Gasteiger partial charge in [0.15, 0.2) is 5.13 Å². The lowest BCUT2D eigenvalue weighted by molar-refractivity contribution is 0.101. The second-order valence-corrected chi connectivity index (χ2v) is 5.57. The molecule has 0 aliphatic carbocycles. The summed E-state index contributed by atoms with van der Waals surface area (Å²) in [6.07, 6.45) is 1.83. The number of aryl methyl sites for hydroxylation is 1. The van der Waals surface area contributed by atoms with Gasteiger partial charge in [-0.1, -0.05) is 11.3 Å². The molecule has 3 aromatic rings. The highest BCUT2D eigenvalue weighted by Crippen LogP contribution is 2.29. The number of rotatable bonds is 4. The summed E-state index contributed by atoms with van der Waals surface area (Å²) in [6, 6.07) is 9.33. The first-order chi connectivity index (χ1) is 10.2. The van der Waals surface area contributed by atoms with Gasteiger partial charge in [-0.2, -0.15) is 0 Å². The van der Waals surface area contributed by atoms with Crippen molar-refractivity contribution in [2.45, 2.75) is 6.92 Å². The summed E-state index contributed by atoms with van der Waals surface area (Å²) in [4.78, 5) is 16.6. The standard InChI is InChI=1S/C15H15N3O2S/c1-3-20-10-6-7-11-13(9-10)21-15(16-11)17-14(19)12-5-4-8-18(12)2/h4-9H,3H2,1-2H3,(H,16,17,19). The van der Waals surface area contributed by atoms with Crippen LogP contribution in [0.25, 0.3) is 10.2 Å². The number of nitrogens with zero attached hydrogens (tertiary/aromatic N) is 2. The third kappa shape index (κ3) is 2.75. The molecule has 0 aliphatic heterocycles. The van der Waals surface area contributed by atoms with E-state index in [2.05, 4.69) is 10.3 Å². The Morgan fingerprint density at radius 2 is 2.29 bits per heavy atom. The average molecular weight is 301 g/mol. The predicted octanol–water partition coefficient (Wildman–Crippen LogP) is 3.29. The number of benzene rings is 1. The Kier molecular flexibility index (Phi) is 3.62. The Morgan fingerprint density at radius 1 is 1.43 bits per heavy atom. The van der Waals surface area contributed by atoms with Crippen molar-refractivity contribution in [3.8, 4) is 5.75 Å². The fraction of sp³-hybridized carbons (Fsp3) is 0.200. The number of anilines is 1. The van der Waals surface area contributed by atoms with E-state index in [0.29, 0.717) is 17.4 Å². The van der Waals surface area contributed by atoms with Crippen molar-refractivity contribution < 1.29 is 9.53 Å². The number of fused-ring (bicyclic) bond motifs is 1. The van der Waals surface area contributed by atoms with Crippen LogP contribution in [0.3, 0.4) is 0 Å². The molecule has 6 heteroatoms. The molecule has 0 bridgehead atoms. The maximum Gasteiger partial charge on any atom is 0.274 e. The van der Waals surface area contributed by atoms with Crippen molar-refractivity contribution in [1.82, 2.24) is 9.55 Å². The van der Waals surface area contributed by atoms with Gasteiger partial charge >= 0.3 is 0 Å². The summed E-state index contributed by atoms with van der Waals surface area (Å²) in [5, 5.41) is 3.42. The Labute approximate surface area is 126 Å². The molecule has 0 radical (unpaired) electrons. The van der Waals surface area contributed by atoms with Crippen molar-refractivity contribution in [2.24, 2.45) is 7.05 Å². The molecule has 0 fully saturated rings. The average Bonchev–Trinajstić information content (AvgIpc) is 3.04. The molecule has 0 atom stereocenters. The van der Waals surface area contributed by atoms with E-state index in [1.807, 2.05) is 44.4 Å². The van der Waals surface area contributed by atoms with Crippen molar-refractivity contribution in [2.75, 3.05) is 11.9 Å². The van der Waals surface area contributed by atoms with Gasteiger partial charge in [-0.25, -0.2) is 4.98 Å².